The molecule has 0 heterocycles. The van der Waals surface area contributed by atoms with Crippen molar-refractivity contribution in [3.63, 3.8) is 0 Å². The van der Waals surface area contributed by atoms with E-state index in [4.69, 9.17) is 4.74 Å². The van der Waals surface area contributed by atoms with E-state index in [2.05, 4.69) is 0 Å². The topological polar surface area (TPSA) is 9.23 Å². The van der Waals surface area contributed by atoms with Gasteiger partial charge >= 0.3 is 6.18 Å². The summed E-state index contributed by atoms with van der Waals surface area (Å²) >= 11 is 0. The van der Waals surface area contributed by atoms with E-state index in [1.165, 1.54) is 0 Å². The second-order valence-electron chi connectivity index (χ2n) is 5.41. The highest BCUT2D eigenvalue weighted by atomic mass is 19.4. The van der Waals surface area contributed by atoms with Gasteiger partial charge in [-0.15, -0.1) is 0 Å². The fourth-order valence-electron chi connectivity index (χ4n) is 1.29. The van der Waals surface area contributed by atoms with E-state index in [1.807, 2.05) is 34.6 Å². The largest absolute Gasteiger partial charge is 0.411 e. The van der Waals surface area contributed by atoms with Crippen LogP contribution in [0.2, 0.25) is 0 Å². The van der Waals surface area contributed by atoms with Crippen LogP contribution in [-0.4, -0.2) is 18.9 Å². The molecule has 1 atom stereocenters. The summed E-state index contributed by atoms with van der Waals surface area (Å²) in [5.74, 6) is 0.336. The molecule has 0 bridgehead atoms. The van der Waals surface area contributed by atoms with Crippen molar-refractivity contribution in [1.29, 1.82) is 0 Å². The molecule has 15 heavy (non-hydrogen) atoms. The Morgan fingerprint density at radius 3 is 1.80 bits per heavy atom. The summed E-state index contributed by atoms with van der Waals surface area (Å²) in [7, 11) is 0. The number of rotatable bonds is 4. The summed E-state index contributed by atoms with van der Waals surface area (Å²) < 4.78 is 41.0. The van der Waals surface area contributed by atoms with Gasteiger partial charge in [0.25, 0.3) is 0 Å². The summed E-state index contributed by atoms with van der Waals surface area (Å²) in [6.07, 6.45) is -3.93. The van der Waals surface area contributed by atoms with Crippen LogP contribution in [0.15, 0.2) is 0 Å². The number of halogens is 3. The highest BCUT2D eigenvalue weighted by Gasteiger charge is 2.33. The predicted molar refractivity (Wildman–Crippen MR) is 54.7 cm³/mol. The van der Waals surface area contributed by atoms with Gasteiger partial charge in [0.05, 0.1) is 6.10 Å². The molecule has 0 aliphatic heterocycles. The van der Waals surface area contributed by atoms with Gasteiger partial charge < -0.3 is 4.74 Å². The number of hydrogen-bond donors (Lipinski definition) is 0. The average Bonchev–Trinajstić information content (AvgIpc) is 1.93. The van der Waals surface area contributed by atoms with Crippen LogP contribution < -0.4 is 0 Å². The van der Waals surface area contributed by atoms with E-state index < -0.39 is 12.8 Å². The van der Waals surface area contributed by atoms with Crippen LogP contribution in [0.25, 0.3) is 0 Å². The Balaban J connectivity index is 4.27. The van der Waals surface area contributed by atoms with E-state index in [-0.39, 0.29) is 11.5 Å². The van der Waals surface area contributed by atoms with Gasteiger partial charge in [0.2, 0.25) is 0 Å². The first-order valence-electron chi connectivity index (χ1n) is 5.20. The monoisotopic (exact) mass is 226 g/mol. The normalized spacial score (nSPS) is 15.8. The van der Waals surface area contributed by atoms with Crippen molar-refractivity contribution in [2.45, 2.75) is 53.3 Å². The molecule has 0 aromatic rings. The number of ether oxygens (including phenoxy) is 1. The van der Waals surface area contributed by atoms with Gasteiger partial charge in [0.1, 0.15) is 6.61 Å². The minimum absolute atomic E-state index is 0.254. The van der Waals surface area contributed by atoms with Gasteiger partial charge in [-0.2, -0.15) is 13.2 Å². The molecule has 0 saturated heterocycles. The maximum atomic E-state index is 12.0. The lowest BCUT2D eigenvalue weighted by molar-refractivity contribution is -0.197. The highest BCUT2D eigenvalue weighted by molar-refractivity contribution is 4.76. The van der Waals surface area contributed by atoms with Crippen LogP contribution in [0, 0.1) is 11.3 Å². The maximum absolute atomic E-state index is 12.0. The fourth-order valence-corrected chi connectivity index (χ4v) is 1.29. The summed E-state index contributed by atoms with van der Waals surface area (Å²) in [4.78, 5) is 0. The molecule has 0 aromatic carbocycles. The Kier molecular flexibility index (Phi) is 5.10. The fraction of sp³-hybridized carbons (Fsp3) is 1.00. The molecule has 1 unspecified atom stereocenters. The third-order valence-corrected chi connectivity index (χ3v) is 2.10. The Labute approximate surface area is 90.0 Å². The summed E-state index contributed by atoms with van der Waals surface area (Å²) in [5.41, 5.74) is -0.254. The number of hydrogen-bond acceptors (Lipinski definition) is 1. The first-order chi connectivity index (χ1) is 6.52. The molecule has 0 aromatic heterocycles. The minimum atomic E-state index is -4.24. The Morgan fingerprint density at radius 1 is 1.07 bits per heavy atom. The predicted octanol–water partition coefficient (Wildman–Crippen LogP) is 4.03. The first-order valence-corrected chi connectivity index (χ1v) is 5.20. The van der Waals surface area contributed by atoms with Crippen LogP contribution in [0.3, 0.4) is 0 Å². The molecule has 0 radical (unpaired) electrons. The molecule has 0 fully saturated rings. The first kappa shape index (κ1) is 14.8. The van der Waals surface area contributed by atoms with Crippen molar-refractivity contribution < 1.29 is 17.9 Å². The summed E-state index contributed by atoms with van der Waals surface area (Å²) in [6.45, 7) is 8.51. The van der Waals surface area contributed by atoms with E-state index in [1.54, 1.807) is 0 Å². The quantitative estimate of drug-likeness (QED) is 0.703. The highest BCUT2D eigenvalue weighted by Crippen LogP contribution is 2.29. The van der Waals surface area contributed by atoms with Gasteiger partial charge in [-0.25, -0.2) is 0 Å². The Morgan fingerprint density at radius 2 is 1.53 bits per heavy atom. The number of alkyl halides is 3. The maximum Gasteiger partial charge on any atom is 0.411 e. The zero-order valence-electron chi connectivity index (χ0n) is 10.1. The Bertz CT molecular complexity index is 179. The van der Waals surface area contributed by atoms with Crippen molar-refractivity contribution in [2.24, 2.45) is 11.3 Å². The molecule has 0 aliphatic carbocycles. The molecule has 0 rings (SSSR count). The lowest BCUT2D eigenvalue weighted by Crippen LogP contribution is -2.34. The standard InChI is InChI=1S/C11H21F3O/c1-8(2)6-9(10(3,4)5)15-7-11(12,13)14/h8-9H,6-7H2,1-5H3. The second-order valence-corrected chi connectivity index (χ2v) is 5.41. The van der Waals surface area contributed by atoms with E-state index in [9.17, 15) is 13.2 Å². The van der Waals surface area contributed by atoms with Gasteiger partial charge in [-0.1, -0.05) is 34.6 Å². The summed E-state index contributed by atoms with van der Waals surface area (Å²) in [6, 6.07) is 0. The molecule has 0 spiro atoms. The minimum Gasteiger partial charge on any atom is -0.368 e. The second kappa shape index (κ2) is 5.19. The van der Waals surface area contributed by atoms with Crippen LogP contribution in [0.4, 0.5) is 13.2 Å². The van der Waals surface area contributed by atoms with E-state index in [0.717, 1.165) is 0 Å². The van der Waals surface area contributed by atoms with Crippen molar-refractivity contribution in [2.75, 3.05) is 6.61 Å². The molecule has 0 amide bonds. The SMILES string of the molecule is CC(C)CC(OCC(F)(F)F)C(C)(C)C. The molecule has 4 heteroatoms. The third kappa shape index (κ3) is 7.65. The van der Waals surface area contributed by atoms with Crippen molar-refractivity contribution >= 4 is 0 Å². The molecule has 1 nitrogen and oxygen atoms in total. The molecular formula is C11H21F3O. The molecule has 0 saturated carbocycles. The van der Waals surface area contributed by atoms with Gasteiger partial charge in [-0.3, -0.25) is 0 Å². The van der Waals surface area contributed by atoms with Crippen LogP contribution in [-0.2, 0) is 4.74 Å². The van der Waals surface area contributed by atoms with Crippen molar-refractivity contribution in [3.05, 3.63) is 0 Å². The Hall–Kier alpha value is -0.250. The van der Waals surface area contributed by atoms with Crippen LogP contribution >= 0.6 is 0 Å². The lowest BCUT2D eigenvalue weighted by Gasteiger charge is -2.32. The van der Waals surface area contributed by atoms with E-state index in [0.29, 0.717) is 12.3 Å². The molecular weight excluding hydrogens is 205 g/mol. The zero-order chi connectivity index (χ0) is 12.3. The van der Waals surface area contributed by atoms with Gasteiger partial charge in [0.15, 0.2) is 0 Å². The smallest absolute Gasteiger partial charge is 0.368 e. The summed E-state index contributed by atoms with van der Waals surface area (Å²) in [5, 5.41) is 0. The average molecular weight is 226 g/mol. The van der Waals surface area contributed by atoms with Crippen molar-refractivity contribution in [3.8, 4) is 0 Å². The van der Waals surface area contributed by atoms with E-state index >= 15 is 0 Å². The third-order valence-electron chi connectivity index (χ3n) is 2.10. The van der Waals surface area contributed by atoms with Gasteiger partial charge in [0, 0.05) is 0 Å². The van der Waals surface area contributed by atoms with Crippen molar-refractivity contribution in [1.82, 2.24) is 0 Å². The van der Waals surface area contributed by atoms with Gasteiger partial charge in [-0.05, 0) is 17.8 Å². The van der Waals surface area contributed by atoms with Crippen LogP contribution in [0.5, 0.6) is 0 Å². The van der Waals surface area contributed by atoms with Crippen LogP contribution in [0.1, 0.15) is 41.0 Å². The molecule has 92 valence electrons. The lowest BCUT2D eigenvalue weighted by atomic mass is 9.84. The zero-order valence-corrected chi connectivity index (χ0v) is 10.1. The molecule has 0 aliphatic rings. The molecule has 0 N–H and O–H groups in total.